The highest BCUT2D eigenvalue weighted by Gasteiger charge is 2.36. The number of aromatic nitrogens is 1. The number of rotatable bonds is 2. The van der Waals surface area contributed by atoms with Gasteiger partial charge in [-0.25, -0.2) is 4.98 Å². The van der Waals surface area contributed by atoms with Gasteiger partial charge in [0.2, 0.25) is 0 Å². The van der Waals surface area contributed by atoms with E-state index in [1.54, 1.807) is 4.90 Å². The van der Waals surface area contributed by atoms with Crippen LogP contribution in [0.15, 0.2) is 18.3 Å². The standard InChI is InChI=1S/C11H14F3N3/c12-11(13,14)9-2-1-4-16-10(9)17-5-3-8(6-15)7-17/h1-2,4,8H,3,5-7,15H2. The first-order valence-electron chi connectivity index (χ1n) is 5.49. The van der Waals surface area contributed by atoms with Gasteiger partial charge in [0.1, 0.15) is 5.82 Å². The Morgan fingerprint density at radius 2 is 2.24 bits per heavy atom. The molecule has 1 fully saturated rings. The molecule has 2 rings (SSSR count). The van der Waals surface area contributed by atoms with E-state index in [9.17, 15) is 13.2 Å². The predicted molar refractivity (Wildman–Crippen MR) is 58.6 cm³/mol. The van der Waals surface area contributed by atoms with E-state index in [0.29, 0.717) is 19.6 Å². The molecule has 0 spiro atoms. The van der Waals surface area contributed by atoms with Crippen LogP contribution in [0, 0.1) is 5.92 Å². The second kappa shape index (κ2) is 4.52. The lowest BCUT2D eigenvalue weighted by Crippen LogP contribution is -2.26. The minimum Gasteiger partial charge on any atom is -0.356 e. The molecule has 0 aromatic carbocycles. The van der Waals surface area contributed by atoms with E-state index >= 15 is 0 Å². The zero-order valence-electron chi connectivity index (χ0n) is 9.24. The van der Waals surface area contributed by atoms with Crippen molar-refractivity contribution in [2.24, 2.45) is 11.7 Å². The summed E-state index contributed by atoms with van der Waals surface area (Å²) in [4.78, 5) is 5.53. The van der Waals surface area contributed by atoms with Gasteiger partial charge in [-0.1, -0.05) is 0 Å². The monoisotopic (exact) mass is 245 g/mol. The van der Waals surface area contributed by atoms with E-state index in [1.165, 1.54) is 12.3 Å². The lowest BCUT2D eigenvalue weighted by molar-refractivity contribution is -0.137. The molecule has 0 saturated carbocycles. The zero-order chi connectivity index (χ0) is 12.5. The van der Waals surface area contributed by atoms with Crippen molar-refractivity contribution < 1.29 is 13.2 Å². The number of halogens is 3. The molecular weight excluding hydrogens is 231 g/mol. The van der Waals surface area contributed by atoms with E-state index in [1.807, 2.05) is 0 Å². The molecule has 17 heavy (non-hydrogen) atoms. The van der Waals surface area contributed by atoms with Crippen molar-refractivity contribution in [2.45, 2.75) is 12.6 Å². The number of anilines is 1. The number of alkyl halides is 3. The molecule has 2 N–H and O–H groups in total. The summed E-state index contributed by atoms with van der Waals surface area (Å²) >= 11 is 0. The molecule has 0 radical (unpaired) electrons. The van der Waals surface area contributed by atoms with Gasteiger partial charge < -0.3 is 10.6 Å². The van der Waals surface area contributed by atoms with Crippen molar-refractivity contribution in [3.8, 4) is 0 Å². The predicted octanol–water partition coefficient (Wildman–Crippen LogP) is 1.89. The summed E-state index contributed by atoms with van der Waals surface area (Å²) in [6.45, 7) is 1.64. The third kappa shape index (κ3) is 2.52. The van der Waals surface area contributed by atoms with Crippen LogP contribution in [0.3, 0.4) is 0 Å². The average Bonchev–Trinajstić information content (AvgIpc) is 2.76. The van der Waals surface area contributed by atoms with Crippen LogP contribution >= 0.6 is 0 Å². The quantitative estimate of drug-likeness (QED) is 0.865. The van der Waals surface area contributed by atoms with Gasteiger partial charge in [0.25, 0.3) is 0 Å². The smallest absolute Gasteiger partial charge is 0.356 e. The van der Waals surface area contributed by atoms with Gasteiger partial charge >= 0.3 is 6.18 Å². The summed E-state index contributed by atoms with van der Waals surface area (Å²) in [5.74, 6) is 0.286. The molecule has 6 heteroatoms. The second-order valence-corrected chi connectivity index (χ2v) is 4.21. The minimum absolute atomic E-state index is 0.0240. The van der Waals surface area contributed by atoms with Gasteiger partial charge in [0.05, 0.1) is 5.56 Å². The third-order valence-corrected chi connectivity index (χ3v) is 3.01. The highest BCUT2D eigenvalue weighted by atomic mass is 19.4. The summed E-state index contributed by atoms with van der Waals surface area (Å²) in [5.41, 5.74) is 4.86. The van der Waals surface area contributed by atoms with Crippen molar-refractivity contribution in [1.82, 2.24) is 4.98 Å². The maximum absolute atomic E-state index is 12.8. The molecule has 1 aromatic heterocycles. The van der Waals surface area contributed by atoms with Crippen LogP contribution in [0.4, 0.5) is 19.0 Å². The van der Waals surface area contributed by atoms with Crippen molar-refractivity contribution in [2.75, 3.05) is 24.5 Å². The molecule has 2 heterocycles. The molecule has 1 aliphatic rings. The molecule has 1 unspecified atom stereocenters. The molecule has 1 aromatic rings. The fourth-order valence-corrected chi connectivity index (χ4v) is 2.09. The number of hydrogen-bond acceptors (Lipinski definition) is 3. The number of pyridine rings is 1. The fourth-order valence-electron chi connectivity index (χ4n) is 2.09. The molecule has 1 atom stereocenters. The van der Waals surface area contributed by atoms with E-state index in [4.69, 9.17) is 5.73 Å². The van der Waals surface area contributed by atoms with Crippen LogP contribution in [0.2, 0.25) is 0 Å². The summed E-state index contributed by atoms with van der Waals surface area (Å²) < 4.78 is 38.4. The Morgan fingerprint density at radius 3 is 2.82 bits per heavy atom. The largest absolute Gasteiger partial charge is 0.419 e. The maximum atomic E-state index is 12.8. The number of hydrogen-bond donors (Lipinski definition) is 1. The van der Waals surface area contributed by atoms with E-state index in [-0.39, 0.29) is 11.7 Å². The Bertz CT molecular complexity index is 392. The Kier molecular flexibility index (Phi) is 3.24. The summed E-state index contributed by atoms with van der Waals surface area (Å²) in [6.07, 6.45) is -2.14. The van der Waals surface area contributed by atoms with Gasteiger partial charge in [-0.15, -0.1) is 0 Å². The Labute approximate surface area is 97.4 Å². The highest BCUT2D eigenvalue weighted by Crippen LogP contribution is 2.36. The van der Waals surface area contributed by atoms with Gasteiger partial charge in [0.15, 0.2) is 0 Å². The molecule has 1 saturated heterocycles. The average molecular weight is 245 g/mol. The fraction of sp³-hybridized carbons (Fsp3) is 0.545. The lowest BCUT2D eigenvalue weighted by Gasteiger charge is -2.21. The SMILES string of the molecule is NCC1CCN(c2ncccc2C(F)(F)F)C1. The molecule has 0 aliphatic carbocycles. The summed E-state index contributed by atoms with van der Waals surface area (Å²) in [5, 5.41) is 0. The first-order valence-corrected chi connectivity index (χ1v) is 5.49. The van der Waals surface area contributed by atoms with Crippen molar-refractivity contribution in [3.05, 3.63) is 23.9 Å². The Hall–Kier alpha value is -1.30. The molecular formula is C11H14F3N3. The van der Waals surface area contributed by atoms with E-state index in [0.717, 1.165) is 12.5 Å². The minimum atomic E-state index is -4.36. The molecule has 3 nitrogen and oxygen atoms in total. The second-order valence-electron chi connectivity index (χ2n) is 4.21. The summed E-state index contributed by atoms with van der Waals surface area (Å²) in [7, 11) is 0. The zero-order valence-corrected chi connectivity index (χ0v) is 9.24. The van der Waals surface area contributed by atoms with Crippen LogP contribution in [-0.2, 0) is 6.18 Å². The van der Waals surface area contributed by atoms with E-state index < -0.39 is 11.7 Å². The number of nitrogens with zero attached hydrogens (tertiary/aromatic N) is 2. The van der Waals surface area contributed by atoms with Crippen LogP contribution < -0.4 is 10.6 Å². The molecule has 1 aliphatic heterocycles. The summed E-state index contributed by atoms with van der Waals surface area (Å²) in [6, 6.07) is 2.38. The highest BCUT2D eigenvalue weighted by molar-refractivity contribution is 5.49. The van der Waals surface area contributed by atoms with Crippen LogP contribution in [0.25, 0.3) is 0 Å². The van der Waals surface area contributed by atoms with Crippen molar-refractivity contribution in [1.29, 1.82) is 0 Å². The lowest BCUT2D eigenvalue weighted by atomic mass is 10.1. The van der Waals surface area contributed by atoms with Crippen molar-refractivity contribution in [3.63, 3.8) is 0 Å². The molecule has 94 valence electrons. The van der Waals surface area contributed by atoms with Gasteiger partial charge in [-0.05, 0) is 31.0 Å². The topological polar surface area (TPSA) is 42.1 Å². The van der Waals surface area contributed by atoms with Gasteiger partial charge in [0, 0.05) is 19.3 Å². The van der Waals surface area contributed by atoms with Crippen LogP contribution in [-0.4, -0.2) is 24.6 Å². The van der Waals surface area contributed by atoms with Gasteiger partial charge in [-0.2, -0.15) is 13.2 Å². The third-order valence-electron chi connectivity index (χ3n) is 3.01. The first-order chi connectivity index (χ1) is 8.02. The normalized spacial score (nSPS) is 20.9. The van der Waals surface area contributed by atoms with E-state index in [2.05, 4.69) is 4.98 Å². The van der Waals surface area contributed by atoms with Crippen molar-refractivity contribution >= 4 is 5.82 Å². The maximum Gasteiger partial charge on any atom is 0.419 e. The number of nitrogens with two attached hydrogens (primary N) is 1. The van der Waals surface area contributed by atoms with Crippen LogP contribution in [0.5, 0.6) is 0 Å². The molecule has 0 bridgehead atoms. The Morgan fingerprint density at radius 1 is 1.47 bits per heavy atom. The Balaban J connectivity index is 2.27. The van der Waals surface area contributed by atoms with Gasteiger partial charge in [-0.3, -0.25) is 0 Å². The molecule has 0 amide bonds. The first kappa shape index (κ1) is 12.2. The van der Waals surface area contributed by atoms with Crippen LogP contribution in [0.1, 0.15) is 12.0 Å².